The predicted molar refractivity (Wildman–Crippen MR) is 138 cm³/mol. The first kappa shape index (κ1) is 28.9. The quantitative estimate of drug-likeness (QED) is 0.460. The van der Waals surface area contributed by atoms with Gasteiger partial charge in [0.05, 0.1) is 13.2 Å². The van der Waals surface area contributed by atoms with E-state index in [0.29, 0.717) is 6.61 Å². The number of nitrogens with one attached hydrogen (secondary N) is 1. The fraction of sp³-hybridized carbons (Fsp3) is 0.500. The van der Waals surface area contributed by atoms with Crippen LogP contribution < -0.4 is 19.5 Å². The van der Waals surface area contributed by atoms with Crippen molar-refractivity contribution in [2.24, 2.45) is 5.92 Å². The molecule has 2 aromatic rings. The van der Waals surface area contributed by atoms with E-state index in [0.717, 1.165) is 25.0 Å². The molecule has 1 aromatic heterocycles. The van der Waals surface area contributed by atoms with Gasteiger partial charge in [0.1, 0.15) is 24.5 Å². The molecule has 1 fully saturated rings. The molecule has 0 bridgehead atoms. The number of cyclic esters (lactones) is 1. The molecule has 10 nitrogen and oxygen atoms in total. The molecule has 0 saturated carbocycles. The minimum Gasteiger partial charge on any atom is -0.493 e. The number of rotatable bonds is 10. The first-order valence-electron chi connectivity index (χ1n) is 12.9. The zero-order chi connectivity index (χ0) is 27.5. The molecule has 2 heterocycles. The molecular formula is C28H36N2O8. The summed E-state index contributed by atoms with van der Waals surface area (Å²) >= 11 is 0. The summed E-state index contributed by atoms with van der Waals surface area (Å²) in [6, 6.07) is 9.94. The summed E-state index contributed by atoms with van der Waals surface area (Å²) in [6.45, 7) is 5.64. The van der Waals surface area contributed by atoms with Gasteiger partial charge in [-0.2, -0.15) is 0 Å². The van der Waals surface area contributed by atoms with Gasteiger partial charge in [-0.1, -0.05) is 38.0 Å². The lowest BCUT2D eigenvalue weighted by Gasteiger charge is -2.30. The monoisotopic (exact) mass is 528 g/mol. The molecule has 0 radical (unpaired) electrons. The van der Waals surface area contributed by atoms with Crippen LogP contribution in [0, 0.1) is 5.92 Å². The van der Waals surface area contributed by atoms with Crippen LogP contribution in [0.1, 0.15) is 56.9 Å². The third-order valence-corrected chi connectivity index (χ3v) is 6.31. The van der Waals surface area contributed by atoms with E-state index in [9.17, 15) is 14.4 Å². The van der Waals surface area contributed by atoms with Gasteiger partial charge >= 0.3 is 11.9 Å². The normalized spacial score (nSPS) is 21.7. The Morgan fingerprint density at radius 3 is 2.63 bits per heavy atom. The van der Waals surface area contributed by atoms with Crippen LogP contribution in [0.2, 0.25) is 0 Å². The second kappa shape index (κ2) is 14.3. The van der Waals surface area contributed by atoms with Crippen molar-refractivity contribution in [2.75, 3.05) is 20.3 Å². The van der Waals surface area contributed by atoms with Gasteiger partial charge in [0.15, 0.2) is 11.4 Å². The lowest BCUT2D eigenvalue weighted by atomic mass is 9.91. The highest BCUT2D eigenvalue weighted by Gasteiger charge is 2.35. The number of hydrogen-bond acceptors (Lipinski definition) is 9. The van der Waals surface area contributed by atoms with E-state index in [1.807, 2.05) is 37.3 Å². The Balaban J connectivity index is 1.76. The van der Waals surface area contributed by atoms with Crippen LogP contribution >= 0.6 is 0 Å². The van der Waals surface area contributed by atoms with Crippen molar-refractivity contribution in [3.8, 4) is 17.2 Å². The number of methoxy groups -OCH3 is 1. The lowest BCUT2D eigenvalue weighted by Crippen LogP contribution is -2.44. The number of esters is 2. The molecule has 206 valence electrons. The van der Waals surface area contributed by atoms with Gasteiger partial charge in [-0.3, -0.25) is 9.59 Å². The molecule has 1 amide bonds. The van der Waals surface area contributed by atoms with E-state index < -0.39 is 30.0 Å². The molecule has 0 aliphatic carbocycles. The molecule has 38 heavy (non-hydrogen) atoms. The first-order valence-corrected chi connectivity index (χ1v) is 12.9. The molecule has 1 saturated heterocycles. The Morgan fingerprint density at radius 1 is 1.18 bits per heavy atom. The zero-order valence-electron chi connectivity index (χ0n) is 22.3. The first-order chi connectivity index (χ1) is 18.3. The third-order valence-electron chi connectivity index (χ3n) is 6.31. The minimum atomic E-state index is -0.997. The zero-order valence-corrected chi connectivity index (χ0v) is 22.3. The average Bonchev–Trinajstić information content (AvgIpc) is 2.95. The van der Waals surface area contributed by atoms with Gasteiger partial charge in [0.25, 0.3) is 5.91 Å². The molecule has 1 N–H and O–H groups in total. The molecule has 1 aliphatic rings. The number of hydrogen-bond donors (Lipinski definition) is 1. The molecule has 3 rings (SSSR count). The topological polar surface area (TPSA) is 122 Å². The highest BCUT2D eigenvalue weighted by molar-refractivity contribution is 5.98. The maximum atomic E-state index is 13.1. The van der Waals surface area contributed by atoms with Gasteiger partial charge < -0.3 is 29.0 Å². The van der Waals surface area contributed by atoms with E-state index in [-0.39, 0.29) is 42.2 Å². The van der Waals surface area contributed by atoms with Gasteiger partial charge in [0.2, 0.25) is 5.75 Å². The highest BCUT2D eigenvalue weighted by atomic mass is 16.6. The number of unbranched alkanes of at least 4 members (excludes halogenated alkanes) is 1. The van der Waals surface area contributed by atoms with Gasteiger partial charge in [-0.05, 0) is 25.5 Å². The van der Waals surface area contributed by atoms with E-state index in [4.69, 9.17) is 23.7 Å². The predicted octanol–water partition coefficient (Wildman–Crippen LogP) is 3.72. The Morgan fingerprint density at radius 2 is 1.95 bits per heavy atom. The molecule has 1 aromatic carbocycles. The van der Waals surface area contributed by atoms with Crippen molar-refractivity contribution in [3.05, 3.63) is 48.3 Å². The van der Waals surface area contributed by atoms with Crippen LogP contribution in [0.25, 0.3) is 0 Å². The van der Waals surface area contributed by atoms with Crippen LogP contribution in [-0.2, 0) is 19.1 Å². The number of aromatic nitrogens is 1. The van der Waals surface area contributed by atoms with Crippen LogP contribution in [0.3, 0.4) is 0 Å². The molecule has 10 heteroatoms. The van der Waals surface area contributed by atoms with Crippen LogP contribution in [0.5, 0.6) is 17.2 Å². The molecule has 0 unspecified atom stereocenters. The smallest absolute Gasteiger partial charge is 0.329 e. The second-order valence-corrected chi connectivity index (χ2v) is 9.08. The van der Waals surface area contributed by atoms with Gasteiger partial charge in [-0.15, -0.1) is 0 Å². The Labute approximate surface area is 223 Å². The molecule has 4 atom stereocenters. The fourth-order valence-electron chi connectivity index (χ4n) is 4.31. The standard InChI is InChI=1S/C28H36N2O8/c1-5-6-12-21-18(2)37-28(33)22(14-16-35-24(21)17-36-20-10-8-7-9-11-20)30-27(32)25-26(38-19(3)31)23(34-4)13-15-29-25/h7-11,13,15,18,21-22,24H,5-6,12,14,16-17H2,1-4H3,(H,30,32)/t18-,21-,22-,24+/m0/s1. The number of para-hydroxylation sites is 1. The van der Waals surface area contributed by atoms with Crippen LogP contribution in [-0.4, -0.2) is 61.4 Å². The average molecular weight is 529 g/mol. The van der Waals surface area contributed by atoms with E-state index in [1.165, 1.54) is 26.3 Å². The van der Waals surface area contributed by atoms with E-state index in [2.05, 4.69) is 17.2 Å². The summed E-state index contributed by atoms with van der Waals surface area (Å²) in [4.78, 5) is 41.9. The number of carbonyl (C=O) groups excluding carboxylic acids is 3. The summed E-state index contributed by atoms with van der Waals surface area (Å²) < 4.78 is 28.4. The largest absolute Gasteiger partial charge is 0.493 e. The number of amides is 1. The SMILES string of the molecule is CCCC[C@H]1[C@H](C)OC(=O)[C@@H](NC(=O)c2nccc(OC)c2OC(C)=O)CCO[C@@H]1COc1ccccc1. The highest BCUT2D eigenvalue weighted by Crippen LogP contribution is 2.30. The van der Waals surface area contributed by atoms with Gasteiger partial charge in [0, 0.05) is 38.1 Å². The summed E-state index contributed by atoms with van der Waals surface area (Å²) in [5, 5.41) is 2.66. The summed E-state index contributed by atoms with van der Waals surface area (Å²) in [5.74, 6) is -1.25. The Hall–Kier alpha value is -3.66. The van der Waals surface area contributed by atoms with E-state index >= 15 is 0 Å². The van der Waals surface area contributed by atoms with Crippen molar-refractivity contribution in [3.63, 3.8) is 0 Å². The van der Waals surface area contributed by atoms with Crippen molar-refractivity contribution >= 4 is 17.8 Å². The minimum absolute atomic E-state index is 0.0901. The van der Waals surface area contributed by atoms with Gasteiger partial charge in [-0.25, -0.2) is 9.78 Å². The Bertz CT molecular complexity index is 1080. The summed E-state index contributed by atoms with van der Waals surface area (Å²) in [5.41, 5.74) is -0.184. The van der Waals surface area contributed by atoms with Crippen LogP contribution in [0.4, 0.5) is 0 Å². The second-order valence-electron chi connectivity index (χ2n) is 9.08. The maximum absolute atomic E-state index is 13.1. The number of carbonyl (C=O) groups is 3. The third kappa shape index (κ3) is 7.92. The molecular weight excluding hydrogens is 492 g/mol. The van der Waals surface area contributed by atoms with Crippen molar-refractivity contribution in [2.45, 2.75) is 64.7 Å². The van der Waals surface area contributed by atoms with Crippen molar-refractivity contribution in [1.29, 1.82) is 0 Å². The van der Waals surface area contributed by atoms with Crippen LogP contribution in [0.15, 0.2) is 42.6 Å². The number of ether oxygens (including phenoxy) is 5. The van der Waals surface area contributed by atoms with E-state index in [1.54, 1.807) is 0 Å². The van der Waals surface area contributed by atoms with Crippen molar-refractivity contribution in [1.82, 2.24) is 10.3 Å². The summed E-state index contributed by atoms with van der Waals surface area (Å²) in [7, 11) is 1.38. The number of nitrogens with zero attached hydrogens (tertiary/aromatic N) is 1. The fourth-order valence-corrected chi connectivity index (χ4v) is 4.31. The number of pyridine rings is 1. The Kier molecular flexibility index (Phi) is 10.9. The maximum Gasteiger partial charge on any atom is 0.329 e. The van der Waals surface area contributed by atoms with Crippen molar-refractivity contribution < 1.29 is 38.1 Å². The number of benzene rings is 1. The summed E-state index contributed by atoms with van der Waals surface area (Å²) in [6.07, 6.45) is 3.47. The lowest BCUT2D eigenvalue weighted by molar-refractivity contribution is -0.154. The molecule has 0 spiro atoms. The molecule has 1 aliphatic heterocycles.